The quantitative estimate of drug-likeness (QED) is 0.365. The Morgan fingerprint density at radius 2 is 2.42 bits per heavy atom. The molecule has 0 bridgehead atoms. The lowest BCUT2D eigenvalue weighted by molar-refractivity contribution is 0.602. The minimum Gasteiger partial charge on any atom is -0.443 e. The maximum atomic E-state index is 8.22. The van der Waals surface area contributed by atoms with E-state index >= 15 is 0 Å². The second kappa shape index (κ2) is 2.56. The van der Waals surface area contributed by atoms with Crippen molar-refractivity contribution in [3.63, 3.8) is 0 Å². The number of para-hydroxylation sites is 1. The molecule has 0 saturated heterocycles. The van der Waals surface area contributed by atoms with E-state index in [0.29, 0.717) is 16.8 Å². The summed E-state index contributed by atoms with van der Waals surface area (Å²) in [6.07, 6.45) is 1.32. The van der Waals surface area contributed by atoms with Crippen LogP contribution in [0, 0.1) is 0 Å². The first-order valence-corrected chi connectivity index (χ1v) is 3.29. The minimum absolute atomic E-state index is 0.490. The second-order valence-electron chi connectivity index (χ2n) is 2.17. The van der Waals surface area contributed by atoms with Gasteiger partial charge in [-0.3, -0.25) is 0 Å². The minimum atomic E-state index is 0.490. The fourth-order valence-electron chi connectivity index (χ4n) is 1.00. The summed E-state index contributed by atoms with van der Waals surface area (Å²) < 4.78 is 5.01. The second-order valence-corrected chi connectivity index (χ2v) is 2.17. The van der Waals surface area contributed by atoms with E-state index in [-0.39, 0.29) is 0 Å². The van der Waals surface area contributed by atoms with Gasteiger partial charge in [-0.15, -0.1) is 0 Å². The van der Waals surface area contributed by atoms with Gasteiger partial charge in [0.15, 0.2) is 12.0 Å². The van der Waals surface area contributed by atoms with Crippen LogP contribution in [-0.4, -0.2) is 4.98 Å². The average Bonchev–Trinajstić information content (AvgIpc) is 2.53. The number of oxazole rings is 1. The van der Waals surface area contributed by atoms with Crippen LogP contribution in [0.5, 0.6) is 0 Å². The van der Waals surface area contributed by atoms with Gasteiger partial charge in [0.05, 0.1) is 5.69 Å². The Hall–Kier alpha value is -2.00. The first kappa shape index (κ1) is 6.69. The third-order valence-electron chi connectivity index (χ3n) is 1.49. The Morgan fingerprint density at radius 1 is 1.50 bits per heavy atom. The molecule has 12 heavy (non-hydrogen) atoms. The molecular formula is C7H4N4O. The summed E-state index contributed by atoms with van der Waals surface area (Å²) in [5, 5.41) is 3.47. The van der Waals surface area contributed by atoms with Crippen molar-refractivity contribution in [1.82, 2.24) is 4.98 Å². The summed E-state index contributed by atoms with van der Waals surface area (Å²) in [6.45, 7) is 0. The van der Waals surface area contributed by atoms with Gasteiger partial charge in [0, 0.05) is 4.91 Å². The third kappa shape index (κ3) is 0.889. The lowest BCUT2D eigenvalue weighted by Crippen LogP contribution is -1.67. The van der Waals surface area contributed by atoms with Crippen LogP contribution in [0.15, 0.2) is 34.1 Å². The van der Waals surface area contributed by atoms with Crippen LogP contribution in [0.25, 0.3) is 21.5 Å². The average molecular weight is 160 g/mol. The molecular weight excluding hydrogens is 156 g/mol. The van der Waals surface area contributed by atoms with Crippen LogP contribution in [0.1, 0.15) is 0 Å². The highest BCUT2D eigenvalue weighted by molar-refractivity contribution is 5.84. The third-order valence-corrected chi connectivity index (χ3v) is 1.49. The fraction of sp³-hybridized carbons (Fsp3) is 0. The van der Waals surface area contributed by atoms with Gasteiger partial charge in [-0.25, -0.2) is 4.98 Å². The number of fused-ring (bicyclic) bond motifs is 1. The van der Waals surface area contributed by atoms with Crippen molar-refractivity contribution in [1.29, 1.82) is 0 Å². The van der Waals surface area contributed by atoms with Gasteiger partial charge in [0.1, 0.15) is 5.52 Å². The molecule has 1 aromatic carbocycles. The number of benzene rings is 1. The molecule has 2 aromatic rings. The van der Waals surface area contributed by atoms with Gasteiger partial charge in [-0.05, 0) is 11.6 Å². The topological polar surface area (TPSA) is 74.8 Å². The number of rotatable bonds is 1. The predicted octanol–water partition coefficient (Wildman–Crippen LogP) is 2.77. The van der Waals surface area contributed by atoms with Crippen LogP contribution >= 0.6 is 0 Å². The molecule has 0 fully saturated rings. The zero-order valence-electron chi connectivity index (χ0n) is 6.01. The molecule has 0 aliphatic heterocycles. The van der Waals surface area contributed by atoms with Crippen LogP contribution in [-0.2, 0) is 0 Å². The Balaban J connectivity index is 2.81. The Labute approximate surface area is 67.3 Å². The Kier molecular flexibility index (Phi) is 1.43. The van der Waals surface area contributed by atoms with Crippen molar-refractivity contribution in [3.05, 3.63) is 35.0 Å². The van der Waals surface area contributed by atoms with Gasteiger partial charge in [-0.2, -0.15) is 0 Å². The first-order chi connectivity index (χ1) is 5.92. The van der Waals surface area contributed by atoms with Crippen molar-refractivity contribution in [2.45, 2.75) is 0 Å². The number of hydrogen-bond donors (Lipinski definition) is 0. The smallest absolute Gasteiger partial charge is 0.181 e. The first-order valence-electron chi connectivity index (χ1n) is 3.29. The zero-order valence-corrected chi connectivity index (χ0v) is 6.01. The van der Waals surface area contributed by atoms with Gasteiger partial charge in [-0.1, -0.05) is 17.2 Å². The van der Waals surface area contributed by atoms with E-state index in [1.165, 1.54) is 6.39 Å². The molecule has 0 radical (unpaired) electrons. The monoisotopic (exact) mass is 160 g/mol. The lowest BCUT2D eigenvalue weighted by atomic mass is 10.3. The van der Waals surface area contributed by atoms with Crippen LogP contribution in [0.3, 0.4) is 0 Å². The van der Waals surface area contributed by atoms with Crippen molar-refractivity contribution in [3.8, 4) is 0 Å². The van der Waals surface area contributed by atoms with Crippen molar-refractivity contribution < 1.29 is 4.42 Å². The summed E-state index contributed by atoms with van der Waals surface area (Å²) in [4.78, 5) is 6.58. The molecule has 1 aromatic heterocycles. The lowest BCUT2D eigenvalue weighted by Gasteiger charge is -1.89. The number of aromatic nitrogens is 1. The molecule has 0 N–H and O–H groups in total. The summed E-state index contributed by atoms with van der Waals surface area (Å²) >= 11 is 0. The highest BCUT2D eigenvalue weighted by Crippen LogP contribution is 2.23. The van der Waals surface area contributed by atoms with Crippen LogP contribution in [0.4, 0.5) is 5.69 Å². The zero-order chi connectivity index (χ0) is 8.39. The summed E-state index contributed by atoms with van der Waals surface area (Å²) in [7, 11) is 0. The van der Waals surface area contributed by atoms with Crippen molar-refractivity contribution in [2.24, 2.45) is 5.11 Å². The molecule has 0 unspecified atom stereocenters. The van der Waals surface area contributed by atoms with Gasteiger partial charge >= 0.3 is 0 Å². The normalized spacial score (nSPS) is 9.67. The summed E-state index contributed by atoms with van der Waals surface area (Å²) in [5.41, 5.74) is 9.92. The highest BCUT2D eigenvalue weighted by atomic mass is 16.3. The van der Waals surface area contributed by atoms with Crippen LogP contribution < -0.4 is 0 Å². The number of azide groups is 1. The van der Waals surface area contributed by atoms with Gasteiger partial charge in [0.2, 0.25) is 0 Å². The van der Waals surface area contributed by atoms with Crippen LogP contribution in [0.2, 0.25) is 0 Å². The molecule has 0 amide bonds. The largest absolute Gasteiger partial charge is 0.443 e. The summed E-state index contributed by atoms with van der Waals surface area (Å²) in [5.74, 6) is 0. The molecule has 5 heteroatoms. The molecule has 0 saturated carbocycles. The molecule has 58 valence electrons. The van der Waals surface area contributed by atoms with E-state index < -0.39 is 0 Å². The van der Waals surface area contributed by atoms with E-state index in [9.17, 15) is 0 Å². The Morgan fingerprint density at radius 3 is 3.25 bits per heavy atom. The van der Waals surface area contributed by atoms with Crippen molar-refractivity contribution >= 4 is 16.8 Å². The number of nitrogens with zero attached hydrogens (tertiary/aromatic N) is 4. The van der Waals surface area contributed by atoms with E-state index in [0.717, 1.165) is 0 Å². The molecule has 0 aliphatic carbocycles. The van der Waals surface area contributed by atoms with E-state index in [2.05, 4.69) is 15.0 Å². The standard InChI is InChI=1S/C7H4N4O/c8-11-10-5-2-1-3-6-7(5)9-4-12-6/h1-4H. The maximum absolute atomic E-state index is 8.22. The predicted molar refractivity (Wildman–Crippen MR) is 42.8 cm³/mol. The molecule has 0 aliphatic rings. The molecule has 0 atom stereocenters. The SMILES string of the molecule is [N-]=[N+]=Nc1cccc2ocnc12. The molecule has 1 heterocycles. The molecule has 2 rings (SSSR count). The number of hydrogen-bond acceptors (Lipinski definition) is 3. The summed E-state index contributed by atoms with van der Waals surface area (Å²) in [6, 6.07) is 5.20. The molecule has 5 nitrogen and oxygen atoms in total. The van der Waals surface area contributed by atoms with E-state index in [1.54, 1.807) is 18.2 Å². The van der Waals surface area contributed by atoms with E-state index in [1.807, 2.05) is 0 Å². The Bertz CT molecular complexity index is 455. The maximum Gasteiger partial charge on any atom is 0.181 e. The fourth-order valence-corrected chi connectivity index (χ4v) is 1.00. The van der Waals surface area contributed by atoms with Gasteiger partial charge < -0.3 is 4.42 Å². The highest BCUT2D eigenvalue weighted by Gasteiger charge is 2.01. The van der Waals surface area contributed by atoms with Crippen molar-refractivity contribution in [2.75, 3.05) is 0 Å². The molecule has 0 spiro atoms. The van der Waals surface area contributed by atoms with E-state index in [4.69, 9.17) is 9.95 Å². The van der Waals surface area contributed by atoms with Gasteiger partial charge in [0.25, 0.3) is 0 Å².